The maximum absolute atomic E-state index is 13.1. The van der Waals surface area contributed by atoms with Crippen LogP contribution < -0.4 is 4.90 Å². The van der Waals surface area contributed by atoms with Gasteiger partial charge in [0.2, 0.25) is 17.5 Å². The SMILES string of the molecule is Cc1ccc(C=Cc2nc(C#N)c(N3CCN(C(=O)c4ccc(F)cc4)CC3)o2)cc1. The van der Waals surface area contributed by atoms with Gasteiger partial charge in [-0.2, -0.15) is 10.2 Å². The molecule has 1 amide bonds. The van der Waals surface area contributed by atoms with Crippen molar-refractivity contribution in [2.24, 2.45) is 0 Å². The number of aromatic nitrogens is 1. The van der Waals surface area contributed by atoms with E-state index < -0.39 is 0 Å². The number of benzene rings is 2. The number of oxazole rings is 1. The maximum Gasteiger partial charge on any atom is 0.253 e. The fourth-order valence-corrected chi connectivity index (χ4v) is 3.42. The minimum absolute atomic E-state index is 0.139. The Morgan fingerprint density at radius 1 is 1.06 bits per heavy atom. The van der Waals surface area contributed by atoms with Crippen LogP contribution in [0.1, 0.15) is 33.1 Å². The summed E-state index contributed by atoms with van der Waals surface area (Å²) in [7, 11) is 0. The van der Waals surface area contributed by atoms with Crippen LogP contribution in [0.5, 0.6) is 0 Å². The van der Waals surface area contributed by atoms with Crippen molar-refractivity contribution in [1.82, 2.24) is 9.88 Å². The zero-order valence-electron chi connectivity index (χ0n) is 17.1. The predicted molar refractivity (Wildman–Crippen MR) is 116 cm³/mol. The highest BCUT2D eigenvalue weighted by molar-refractivity contribution is 5.94. The van der Waals surface area contributed by atoms with Gasteiger partial charge in [0, 0.05) is 37.8 Å². The van der Waals surface area contributed by atoms with E-state index in [4.69, 9.17) is 4.42 Å². The van der Waals surface area contributed by atoms with Gasteiger partial charge < -0.3 is 14.2 Å². The zero-order valence-corrected chi connectivity index (χ0v) is 17.1. The lowest BCUT2D eigenvalue weighted by atomic mass is 10.1. The summed E-state index contributed by atoms with van der Waals surface area (Å²) >= 11 is 0. The monoisotopic (exact) mass is 416 g/mol. The number of rotatable bonds is 4. The number of piperazine rings is 1. The molecule has 0 bridgehead atoms. The van der Waals surface area contributed by atoms with Gasteiger partial charge in [0.15, 0.2) is 0 Å². The topological polar surface area (TPSA) is 73.4 Å². The highest BCUT2D eigenvalue weighted by Crippen LogP contribution is 2.24. The van der Waals surface area contributed by atoms with Crippen molar-refractivity contribution >= 4 is 23.9 Å². The summed E-state index contributed by atoms with van der Waals surface area (Å²) in [6.45, 7) is 3.99. The molecule has 0 N–H and O–H groups in total. The molecule has 3 aromatic rings. The minimum atomic E-state index is -0.372. The van der Waals surface area contributed by atoms with Crippen LogP contribution in [0.3, 0.4) is 0 Å². The molecule has 7 heteroatoms. The Bertz CT molecular complexity index is 1140. The molecular formula is C24H21FN4O2. The lowest BCUT2D eigenvalue weighted by Crippen LogP contribution is -2.48. The quantitative estimate of drug-likeness (QED) is 0.640. The zero-order chi connectivity index (χ0) is 21.8. The summed E-state index contributed by atoms with van der Waals surface area (Å²) in [5, 5.41) is 9.47. The van der Waals surface area contributed by atoms with Crippen molar-refractivity contribution < 1.29 is 13.6 Å². The summed E-state index contributed by atoms with van der Waals surface area (Å²) in [4.78, 5) is 20.5. The Hall–Kier alpha value is -3.92. The summed E-state index contributed by atoms with van der Waals surface area (Å²) in [6.07, 6.45) is 3.62. The number of hydrogen-bond donors (Lipinski definition) is 0. The first-order valence-corrected chi connectivity index (χ1v) is 9.99. The second kappa shape index (κ2) is 8.84. The molecule has 4 rings (SSSR count). The van der Waals surface area contributed by atoms with Crippen LogP contribution in [-0.2, 0) is 0 Å². The normalized spacial score (nSPS) is 14.1. The Kier molecular flexibility index (Phi) is 5.80. The number of aryl methyl sites for hydroxylation is 1. The van der Waals surface area contributed by atoms with E-state index in [1.54, 1.807) is 11.0 Å². The van der Waals surface area contributed by atoms with Gasteiger partial charge in [-0.25, -0.2) is 4.39 Å². The van der Waals surface area contributed by atoms with Crippen LogP contribution in [0.4, 0.5) is 10.3 Å². The molecule has 2 aromatic carbocycles. The summed E-state index contributed by atoms with van der Waals surface area (Å²) in [5.74, 6) is 0.263. The van der Waals surface area contributed by atoms with Crippen LogP contribution in [-0.4, -0.2) is 42.0 Å². The van der Waals surface area contributed by atoms with Gasteiger partial charge in [-0.05, 0) is 42.8 Å². The number of nitriles is 1. The van der Waals surface area contributed by atoms with E-state index in [-0.39, 0.29) is 17.4 Å². The molecule has 2 heterocycles. The number of nitrogens with zero attached hydrogens (tertiary/aromatic N) is 4. The number of carbonyl (C=O) groups excluding carboxylic acids is 1. The van der Waals surface area contributed by atoms with Crippen molar-refractivity contribution in [2.75, 3.05) is 31.1 Å². The van der Waals surface area contributed by atoms with E-state index >= 15 is 0 Å². The molecule has 0 radical (unpaired) electrons. The second-order valence-electron chi connectivity index (χ2n) is 7.35. The predicted octanol–water partition coefficient (Wildman–Crippen LogP) is 4.13. The van der Waals surface area contributed by atoms with Crippen LogP contribution in [0.15, 0.2) is 52.9 Å². The van der Waals surface area contributed by atoms with Gasteiger partial charge in [0.05, 0.1) is 0 Å². The highest BCUT2D eigenvalue weighted by Gasteiger charge is 2.26. The fourth-order valence-electron chi connectivity index (χ4n) is 3.42. The standard InChI is InChI=1S/C24H21FN4O2/c1-17-2-4-18(5-3-17)6-11-22-27-21(16-26)24(31-22)29-14-12-28(13-15-29)23(30)19-7-9-20(25)10-8-19/h2-11H,12-15H2,1H3. The molecule has 0 unspecified atom stereocenters. The molecule has 6 nitrogen and oxygen atoms in total. The minimum Gasteiger partial charge on any atom is -0.420 e. The Balaban J connectivity index is 1.43. The first-order chi connectivity index (χ1) is 15.0. The molecule has 0 atom stereocenters. The smallest absolute Gasteiger partial charge is 0.253 e. The Labute approximate surface area is 179 Å². The van der Waals surface area contributed by atoms with Crippen molar-refractivity contribution in [3.8, 4) is 6.07 Å². The van der Waals surface area contributed by atoms with Crippen LogP contribution in [0.2, 0.25) is 0 Å². The molecule has 1 fully saturated rings. The highest BCUT2D eigenvalue weighted by atomic mass is 19.1. The summed E-state index contributed by atoms with van der Waals surface area (Å²) in [6, 6.07) is 15.7. The van der Waals surface area contributed by atoms with E-state index in [1.165, 1.54) is 29.8 Å². The molecule has 0 spiro atoms. The van der Waals surface area contributed by atoms with E-state index in [1.807, 2.05) is 42.2 Å². The number of carbonyl (C=O) groups is 1. The average molecular weight is 416 g/mol. The second-order valence-corrected chi connectivity index (χ2v) is 7.35. The third-order valence-electron chi connectivity index (χ3n) is 5.17. The largest absolute Gasteiger partial charge is 0.420 e. The fraction of sp³-hybridized carbons (Fsp3) is 0.208. The third-order valence-corrected chi connectivity index (χ3v) is 5.17. The molecular weight excluding hydrogens is 395 g/mol. The van der Waals surface area contributed by atoms with Gasteiger partial charge in [-0.3, -0.25) is 4.79 Å². The van der Waals surface area contributed by atoms with E-state index in [0.717, 1.165) is 5.56 Å². The van der Waals surface area contributed by atoms with Crippen molar-refractivity contribution in [3.63, 3.8) is 0 Å². The number of anilines is 1. The number of halogens is 1. The summed E-state index contributed by atoms with van der Waals surface area (Å²) in [5.41, 5.74) is 2.87. The van der Waals surface area contributed by atoms with Gasteiger partial charge in [-0.1, -0.05) is 29.8 Å². The third kappa shape index (κ3) is 4.64. The van der Waals surface area contributed by atoms with Crippen LogP contribution >= 0.6 is 0 Å². The van der Waals surface area contributed by atoms with Crippen molar-refractivity contribution in [3.05, 3.63) is 82.6 Å². The van der Waals surface area contributed by atoms with E-state index in [0.29, 0.717) is 43.5 Å². The van der Waals surface area contributed by atoms with Gasteiger partial charge in [0.1, 0.15) is 11.9 Å². The Morgan fingerprint density at radius 3 is 2.39 bits per heavy atom. The summed E-state index contributed by atoms with van der Waals surface area (Å²) < 4.78 is 18.9. The van der Waals surface area contributed by atoms with Gasteiger partial charge in [-0.15, -0.1) is 0 Å². The molecule has 156 valence electrons. The first kappa shape index (κ1) is 20.4. The molecule has 0 saturated carbocycles. The number of hydrogen-bond acceptors (Lipinski definition) is 5. The van der Waals surface area contributed by atoms with E-state index in [2.05, 4.69) is 11.1 Å². The lowest BCUT2D eigenvalue weighted by molar-refractivity contribution is 0.0745. The van der Waals surface area contributed by atoms with Crippen LogP contribution in [0.25, 0.3) is 12.2 Å². The molecule has 1 saturated heterocycles. The molecule has 1 aliphatic rings. The molecule has 0 aliphatic carbocycles. The molecule has 1 aliphatic heterocycles. The first-order valence-electron chi connectivity index (χ1n) is 9.99. The molecule has 31 heavy (non-hydrogen) atoms. The Morgan fingerprint density at radius 2 is 1.74 bits per heavy atom. The van der Waals surface area contributed by atoms with E-state index in [9.17, 15) is 14.4 Å². The average Bonchev–Trinajstić information content (AvgIpc) is 3.22. The lowest BCUT2D eigenvalue weighted by Gasteiger charge is -2.34. The molecule has 1 aromatic heterocycles. The van der Waals surface area contributed by atoms with Crippen molar-refractivity contribution in [1.29, 1.82) is 5.26 Å². The van der Waals surface area contributed by atoms with Crippen molar-refractivity contribution in [2.45, 2.75) is 6.92 Å². The van der Waals surface area contributed by atoms with Crippen LogP contribution in [0, 0.1) is 24.1 Å². The van der Waals surface area contributed by atoms with Gasteiger partial charge >= 0.3 is 0 Å². The maximum atomic E-state index is 13.1. The van der Waals surface area contributed by atoms with Gasteiger partial charge in [0.25, 0.3) is 5.91 Å². The number of amides is 1.